The first-order valence-electron chi connectivity index (χ1n) is 9.44. The monoisotopic (exact) mass is 412 g/mol. The van der Waals surface area contributed by atoms with E-state index in [0.717, 1.165) is 12.0 Å². The third-order valence-electron chi connectivity index (χ3n) is 4.53. The normalized spacial score (nSPS) is 16.4. The fourth-order valence-electron chi connectivity index (χ4n) is 2.65. The van der Waals surface area contributed by atoms with E-state index in [9.17, 15) is 18.0 Å². The Hall–Kier alpha value is -1.97. The van der Waals surface area contributed by atoms with Crippen LogP contribution in [0.1, 0.15) is 32.3 Å². The van der Waals surface area contributed by atoms with E-state index in [1.807, 2.05) is 13.8 Å². The van der Waals surface area contributed by atoms with Crippen molar-refractivity contribution in [3.05, 3.63) is 29.8 Å². The molecule has 1 atom stereocenters. The van der Waals surface area contributed by atoms with E-state index in [1.54, 1.807) is 24.3 Å². The lowest BCUT2D eigenvalue weighted by atomic mass is 10.1. The summed E-state index contributed by atoms with van der Waals surface area (Å²) in [4.78, 5) is 23.6. The van der Waals surface area contributed by atoms with Crippen LogP contribution in [0.25, 0.3) is 0 Å². The fraction of sp³-hybridized carbons (Fsp3) is 0.579. The van der Waals surface area contributed by atoms with Gasteiger partial charge in [-0.2, -0.15) is 4.31 Å². The van der Waals surface area contributed by atoms with Gasteiger partial charge in [0, 0.05) is 25.6 Å². The van der Waals surface area contributed by atoms with Crippen molar-refractivity contribution in [2.24, 2.45) is 0 Å². The zero-order chi connectivity index (χ0) is 20.6. The third kappa shape index (κ3) is 6.57. The minimum atomic E-state index is -3.52. The average Bonchev–Trinajstić information content (AvgIpc) is 2.71. The van der Waals surface area contributed by atoms with Crippen molar-refractivity contribution in [1.82, 2.24) is 9.62 Å². The molecule has 28 heavy (non-hydrogen) atoms. The molecule has 156 valence electrons. The van der Waals surface area contributed by atoms with Crippen molar-refractivity contribution in [1.29, 1.82) is 0 Å². The molecular formula is C19H28N2O6S. The van der Waals surface area contributed by atoms with E-state index in [-0.39, 0.29) is 29.9 Å². The number of carbonyl (C=O) groups is 2. The van der Waals surface area contributed by atoms with Crippen LogP contribution in [-0.4, -0.2) is 63.6 Å². The molecular weight excluding hydrogens is 384 g/mol. The van der Waals surface area contributed by atoms with Crippen LogP contribution in [0.5, 0.6) is 0 Å². The van der Waals surface area contributed by atoms with Crippen molar-refractivity contribution in [3.63, 3.8) is 0 Å². The number of hydrogen-bond donors (Lipinski definition) is 1. The summed E-state index contributed by atoms with van der Waals surface area (Å²) in [6.45, 7) is 5.03. The molecule has 0 radical (unpaired) electrons. The smallest absolute Gasteiger partial charge is 0.306 e. The van der Waals surface area contributed by atoms with Crippen LogP contribution in [0.3, 0.4) is 0 Å². The lowest BCUT2D eigenvalue weighted by Crippen LogP contribution is -2.40. The van der Waals surface area contributed by atoms with Crippen LogP contribution in [0, 0.1) is 0 Å². The topological polar surface area (TPSA) is 102 Å². The van der Waals surface area contributed by atoms with E-state index in [4.69, 9.17) is 9.47 Å². The van der Waals surface area contributed by atoms with Crippen molar-refractivity contribution in [2.75, 3.05) is 32.9 Å². The largest absolute Gasteiger partial charge is 0.456 e. The van der Waals surface area contributed by atoms with Crippen LogP contribution in [0.15, 0.2) is 29.2 Å². The van der Waals surface area contributed by atoms with Gasteiger partial charge in [0.05, 0.1) is 18.1 Å². The number of rotatable bonds is 9. The minimum absolute atomic E-state index is 0.0402. The summed E-state index contributed by atoms with van der Waals surface area (Å²) in [5.74, 6) is -0.787. The molecule has 1 aliphatic heterocycles. The van der Waals surface area contributed by atoms with Crippen LogP contribution in [-0.2, 0) is 35.5 Å². The zero-order valence-electron chi connectivity index (χ0n) is 16.3. The first-order chi connectivity index (χ1) is 13.3. The Labute approximate surface area is 166 Å². The molecule has 2 rings (SSSR count). The first-order valence-corrected chi connectivity index (χ1v) is 10.9. The van der Waals surface area contributed by atoms with Gasteiger partial charge in [-0.1, -0.05) is 19.1 Å². The summed E-state index contributed by atoms with van der Waals surface area (Å²) in [6.07, 6.45) is 1.33. The maximum atomic E-state index is 12.6. The molecule has 0 aliphatic carbocycles. The number of carbonyl (C=O) groups excluding carboxylic acids is 2. The van der Waals surface area contributed by atoms with Gasteiger partial charge in [0.1, 0.15) is 0 Å². The van der Waals surface area contributed by atoms with E-state index in [2.05, 4.69) is 5.32 Å². The number of hydrogen-bond acceptors (Lipinski definition) is 6. The molecule has 1 N–H and O–H groups in total. The number of morpholine rings is 1. The predicted molar refractivity (Wildman–Crippen MR) is 103 cm³/mol. The molecule has 1 amide bonds. The molecule has 0 unspecified atom stereocenters. The summed E-state index contributed by atoms with van der Waals surface area (Å²) < 4.78 is 36.7. The van der Waals surface area contributed by atoms with Gasteiger partial charge in [-0.25, -0.2) is 8.42 Å². The lowest BCUT2D eigenvalue weighted by molar-refractivity contribution is -0.148. The van der Waals surface area contributed by atoms with Gasteiger partial charge in [0.15, 0.2) is 6.61 Å². The number of aryl methyl sites for hydroxylation is 1. The number of ether oxygens (including phenoxy) is 2. The summed E-state index contributed by atoms with van der Waals surface area (Å²) in [5.41, 5.74) is 0.821. The highest BCUT2D eigenvalue weighted by Gasteiger charge is 2.26. The molecule has 0 aromatic heterocycles. The Kier molecular flexibility index (Phi) is 8.40. The highest BCUT2D eigenvalue weighted by molar-refractivity contribution is 7.89. The molecule has 1 aromatic rings. The average molecular weight is 413 g/mol. The van der Waals surface area contributed by atoms with E-state index >= 15 is 0 Å². The molecule has 0 saturated carbocycles. The SMILES string of the molecule is CC[C@H](C)NC(=O)COC(=O)CCc1ccc(S(=O)(=O)N2CCOCC2)cc1. The molecule has 8 nitrogen and oxygen atoms in total. The molecule has 1 heterocycles. The number of sulfonamides is 1. The highest BCUT2D eigenvalue weighted by atomic mass is 32.2. The van der Waals surface area contributed by atoms with Crippen LogP contribution < -0.4 is 5.32 Å². The van der Waals surface area contributed by atoms with Crippen molar-refractivity contribution < 1.29 is 27.5 Å². The number of benzene rings is 1. The predicted octanol–water partition coefficient (Wildman–Crippen LogP) is 1.10. The van der Waals surface area contributed by atoms with Gasteiger partial charge in [0.25, 0.3) is 5.91 Å². The van der Waals surface area contributed by atoms with Gasteiger partial charge >= 0.3 is 5.97 Å². The second-order valence-corrected chi connectivity index (χ2v) is 8.64. The molecule has 1 aromatic carbocycles. The minimum Gasteiger partial charge on any atom is -0.456 e. The number of nitrogens with zero attached hydrogens (tertiary/aromatic N) is 1. The Morgan fingerprint density at radius 3 is 2.46 bits per heavy atom. The lowest BCUT2D eigenvalue weighted by Gasteiger charge is -2.26. The van der Waals surface area contributed by atoms with Gasteiger partial charge in [-0.15, -0.1) is 0 Å². The second-order valence-electron chi connectivity index (χ2n) is 6.70. The quantitative estimate of drug-likeness (QED) is 0.610. The zero-order valence-corrected chi connectivity index (χ0v) is 17.2. The maximum absolute atomic E-state index is 12.6. The van der Waals surface area contributed by atoms with Crippen molar-refractivity contribution >= 4 is 21.9 Å². The van der Waals surface area contributed by atoms with Gasteiger partial charge in [0.2, 0.25) is 10.0 Å². The molecule has 1 saturated heterocycles. The second kappa shape index (κ2) is 10.5. The van der Waals surface area contributed by atoms with E-state index in [1.165, 1.54) is 4.31 Å². The Bertz CT molecular complexity index is 757. The maximum Gasteiger partial charge on any atom is 0.306 e. The van der Waals surface area contributed by atoms with Crippen LogP contribution >= 0.6 is 0 Å². The Morgan fingerprint density at radius 2 is 1.86 bits per heavy atom. The highest BCUT2D eigenvalue weighted by Crippen LogP contribution is 2.18. The van der Waals surface area contributed by atoms with Crippen LogP contribution in [0.2, 0.25) is 0 Å². The number of amides is 1. The summed E-state index contributed by atoms with van der Waals surface area (Å²) >= 11 is 0. The van der Waals surface area contributed by atoms with Gasteiger partial charge in [-0.05, 0) is 37.5 Å². The van der Waals surface area contributed by atoms with Gasteiger partial charge < -0.3 is 14.8 Å². The molecule has 1 aliphatic rings. The number of esters is 1. The molecule has 1 fully saturated rings. The third-order valence-corrected chi connectivity index (χ3v) is 6.45. The summed E-state index contributed by atoms with van der Waals surface area (Å²) in [5, 5.41) is 2.72. The molecule has 0 bridgehead atoms. The van der Waals surface area contributed by atoms with Gasteiger partial charge in [-0.3, -0.25) is 9.59 Å². The summed E-state index contributed by atoms with van der Waals surface area (Å²) in [6, 6.07) is 6.52. The standard InChI is InChI=1S/C19H28N2O6S/c1-3-15(2)20-18(22)14-27-19(23)9-6-16-4-7-17(8-5-16)28(24,25)21-10-12-26-13-11-21/h4-5,7-8,15H,3,6,9-14H2,1-2H3,(H,20,22)/t15-/m0/s1. The van der Waals surface area contributed by atoms with Crippen molar-refractivity contribution in [2.45, 2.75) is 44.0 Å². The van der Waals surface area contributed by atoms with Crippen LogP contribution in [0.4, 0.5) is 0 Å². The Morgan fingerprint density at radius 1 is 1.21 bits per heavy atom. The first kappa shape index (κ1) is 22.3. The molecule has 0 spiro atoms. The van der Waals surface area contributed by atoms with E-state index < -0.39 is 16.0 Å². The molecule has 9 heteroatoms. The summed E-state index contributed by atoms with van der Waals surface area (Å²) in [7, 11) is -3.52. The fourth-order valence-corrected chi connectivity index (χ4v) is 4.06. The van der Waals surface area contributed by atoms with E-state index in [0.29, 0.717) is 32.7 Å². The Balaban J connectivity index is 1.80. The van der Waals surface area contributed by atoms with Crippen molar-refractivity contribution in [3.8, 4) is 0 Å². The number of nitrogens with one attached hydrogen (secondary N) is 1.